The number of hydrogen-bond donors (Lipinski definition) is 1. The highest BCUT2D eigenvalue weighted by Crippen LogP contribution is 2.36. The molecule has 1 fully saturated rings. The molecule has 7 heteroatoms. The lowest BCUT2D eigenvalue weighted by Gasteiger charge is -2.37. The van der Waals surface area contributed by atoms with Gasteiger partial charge in [-0.1, -0.05) is 51.1 Å². The second kappa shape index (κ2) is 10.7. The van der Waals surface area contributed by atoms with Gasteiger partial charge in [-0.25, -0.2) is 9.69 Å². The Morgan fingerprint density at radius 3 is 2.35 bits per heavy atom. The predicted octanol–water partition coefficient (Wildman–Crippen LogP) is 5.00. The van der Waals surface area contributed by atoms with Crippen molar-refractivity contribution >= 4 is 20.3 Å². The van der Waals surface area contributed by atoms with Gasteiger partial charge in [0, 0.05) is 6.61 Å². The minimum absolute atomic E-state index is 0.0709. The molecule has 1 heterocycles. The molecule has 0 aromatic heterocycles. The van der Waals surface area contributed by atoms with E-state index in [1.165, 1.54) is 4.90 Å². The number of cyclic esters (lactones) is 1. The molecule has 0 spiro atoms. The average molecular weight is 450 g/mol. The lowest BCUT2D eigenvalue weighted by Crippen LogP contribution is -2.49. The number of aliphatic hydroxyl groups excluding tert-OH is 1. The molecule has 1 aliphatic rings. The molecule has 31 heavy (non-hydrogen) atoms. The molecule has 2 amide bonds. The summed E-state index contributed by atoms with van der Waals surface area (Å²) in [7, 11) is -1.96. The van der Waals surface area contributed by atoms with E-state index in [9.17, 15) is 14.7 Å². The molecule has 1 aromatic carbocycles. The van der Waals surface area contributed by atoms with Crippen LogP contribution in [0.1, 0.15) is 52.2 Å². The Labute approximate surface area is 188 Å². The number of aliphatic hydroxyl groups is 1. The second-order valence-electron chi connectivity index (χ2n) is 9.87. The van der Waals surface area contributed by atoms with E-state index in [1.54, 1.807) is 0 Å². The molecule has 0 radical (unpaired) electrons. The fraction of sp³-hybridized carbons (Fsp3) is 0.667. The van der Waals surface area contributed by atoms with E-state index in [0.717, 1.165) is 12.0 Å². The van der Waals surface area contributed by atoms with Gasteiger partial charge in [0.2, 0.25) is 5.91 Å². The fourth-order valence-corrected chi connectivity index (χ4v) is 5.63. The van der Waals surface area contributed by atoms with Crippen LogP contribution in [0, 0.1) is 17.8 Å². The number of rotatable bonds is 10. The summed E-state index contributed by atoms with van der Waals surface area (Å²) in [5, 5.41) is 9.51. The highest BCUT2D eigenvalue weighted by atomic mass is 28.4. The van der Waals surface area contributed by atoms with Crippen LogP contribution < -0.4 is 0 Å². The smallest absolute Gasteiger partial charge is 0.417 e. The summed E-state index contributed by atoms with van der Waals surface area (Å²) in [4.78, 5) is 27.7. The molecule has 1 N–H and O–H groups in total. The van der Waals surface area contributed by atoms with E-state index >= 15 is 0 Å². The summed E-state index contributed by atoms with van der Waals surface area (Å²) in [5.41, 5.74) is 0.881. The van der Waals surface area contributed by atoms with Crippen LogP contribution in [0.5, 0.6) is 0 Å². The molecule has 1 aromatic rings. The largest absolute Gasteiger partial charge is 0.439 e. The van der Waals surface area contributed by atoms with Gasteiger partial charge in [-0.2, -0.15) is 0 Å². The van der Waals surface area contributed by atoms with Crippen LogP contribution in [0.15, 0.2) is 30.3 Å². The van der Waals surface area contributed by atoms with Crippen molar-refractivity contribution in [2.75, 3.05) is 6.61 Å². The van der Waals surface area contributed by atoms with Gasteiger partial charge in [-0.05, 0) is 56.8 Å². The van der Waals surface area contributed by atoms with Gasteiger partial charge >= 0.3 is 6.09 Å². The fourth-order valence-electron chi connectivity index (χ4n) is 4.42. The molecule has 0 unspecified atom stereocenters. The summed E-state index contributed by atoms with van der Waals surface area (Å²) in [6, 6.07) is 9.14. The van der Waals surface area contributed by atoms with Crippen LogP contribution in [0.3, 0.4) is 0 Å². The van der Waals surface area contributed by atoms with E-state index in [-0.39, 0.29) is 30.5 Å². The molecule has 0 aliphatic carbocycles. The second-order valence-corrected chi connectivity index (χ2v) is 14.3. The summed E-state index contributed by atoms with van der Waals surface area (Å²) in [5.74, 6) is -0.488. The number of ether oxygens (including phenoxy) is 1. The highest BCUT2D eigenvalue weighted by Gasteiger charge is 2.47. The van der Waals surface area contributed by atoms with Crippen LogP contribution in [0.2, 0.25) is 19.6 Å². The first-order valence-electron chi connectivity index (χ1n) is 11.4. The van der Waals surface area contributed by atoms with E-state index in [2.05, 4.69) is 26.6 Å². The average Bonchev–Trinajstić information content (AvgIpc) is 3.01. The van der Waals surface area contributed by atoms with Crippen LogP contribution in [0.4, 0.5) is 4.79 Å². The maximum Gasteiger partial charge on any atom is 0.417 e. The van der Waals surface area contributed by atoms with Crippen molar-refractivity contribution in [1.82, 2.24) is 4.90 Å². The van der Waals surface area contributed by atoms with Crippen molar-refractivity contribution in [3.8, 4) is 0 Å². The molecular weight excluding hydrogens is 410 g/mol. The number of hydrogen-bond acceptors (Lipinski definition) is 5. The monoisotopic (exact) mass is 449 g/mol. The van der Waals surface area contributed by atoms with Crippen molar-refractivity contribution in [2.24, 2.45) is 17.8 Å². The zero-order valence-corrected chi connectivity index (χ0v) is 21.0. The van der Waals surface area contributed by atoms with Crippen molar-refractivity contribution < 1.29 is 23.9 Å². The van der Waals surface area contributed by atoms with E-state index in [4.69, 9.17) is 9.16 Å². The van der Waals surface area contributed by atoms with Gasteiger partial charge in [0.05, 0.1) is 18.1 Å². The molecule has 2 rings (SSSR count). The van der Waals surface area contributed by atoms with Crippen LogP contribution in [0.25, 0.3) is 0 Å². The Morgan fingerprint density at radius 2 is 1.84 bits per heavy atom. The highest BCUT2D eigenvalue weighted by molar-refractivity contribution is 6.69. The lowest BCUT2D eigenvalue weighted by atomic mass is 9.84. The first-order chi connectivity index (χ1) is 14.5. The van der Waals surface area contributed by atoms with Gasteiger partial charge < -0.3 is 14.3 Å². The SMILES string of the molecule is CC[C@@H](C(=O)N1C(=O)O[C@@H](c2ccccc2)[C@H]1C)[C@@H](O[Si](C)(C)C)[C@@H](C)C[C@@H](C)CO. The molecule has 0 saturated carbocycles. The summed E-state index contributed by atoms with van der Waals surface area (Å²) < 4.78 is 12.1. The third-order valence-corrected chi connectivity index (χ3v) is 6.90. The van der Waals surface area contributed by atoms with Crippen LogP contribution >= 0.6 is 0 Å². The first kappa shape index (κ1) is 25.6. The van der Waals surface area contributed by atoms with Gasteiger partial charge in [-0.3, -0.25) is 4.79 Å². The molecule has 174 valence electrons. The molecule has 1 saturated heterocycles. The number of carbonyl (C=O) groups excluding carboxylic acids is 2. The topological polar surface area (TPSA) is 76.1 Å². The zero-order chi connectivity index (χ0) is 23.3. The third-order valence-electron chi connectivity index (χ3n) is 5.93. The Balaban J connectivity index is 2.29. The third kappa shape index (κ3) is 6.40. The van der Waals surface area contributed by atoms with Gasteiger partial charge in [0.25, 0.3) is 0 Å². The molecule has 6 atom stereocenters. The van der Waals surface area contributed by atoms with Gasteiger partial charge in [0.1, 0.15) is 6.10 Å². The predicted molar refractivity (Wildman–Crippen MR) is 124 cm³/mol. The van der Waals surface area contributed by atoms with E-state index in [0.29, 0.717) is 6.42 Å². The Kier molecular flexibility index (Phi) is 8.86. The maximum atomic E-state index is 13.7. The Morgan fingerprint density at radius 1 is 1.23 bits per heavy atom. The van der Waals surface area contributed by atoms with Crippen molar-refractivity contribution in [2.45, 2.75) is 78.4 Å². The summed E-state index contributed by atoms with van der Waals surface area (Å²) in [6.07, 6.45) is -0.0550. The molecule has 0 bridgehead atoms. The first-order valence-corrected chi connectivity index (χ1v) is 14.8. The molecule has 1 aliphatic heterocycles. The quantitative estimate of drug-likeness (QED) is 0.509. The molecular formula is C24H39NO5Si. The maximum absolute atomic E-state index is 13.7. The standard InChI is InChI=1S/C24H39NO5Si/c1-8-20(21(30-31(5,6)7)17(3)14-16(2)15-26)23(27)25-18(4)22(29-24(25)28)19-12-10-9-11-13-19/h9-13,16-18,20-22,26H,8,14-15H2,1-7H3/t16-,17+,18-,20-,21+,22-/m1/s1. The van der Waals surface area contributed by atoms with Gasteiger partial charge in [0.15, 0.2) is 8.32 Å². The van der Waals surface area contributed by atoms with Crippen LogP contribution in [-0.4, -0.2) is 49.1 Å². The number of amides is 2. The number of carbonyl (C=O) groups is 2. The normalized spacial score (nSPS) is 23.2. The number of nitrogens with zero attached hydrogens (tertiary/aromatic N) is 1. The zero-order valence-electron chi connectivity index (χ0n) is 20.0. The van der Waals surface area contributed by atoms with Crippen molar-refractivity contribution in [3.63, 3.8) is 0 Å². The Hall–Kier alpha value is -1.70. The van der Waals surface area contributed by atoms with Crippen molar-refractivity contribution in [3.05, 3.63) is 35.9 Å². The van der Waals surface area contributed by atoms with Crippen LogP contribution in [-0.2, 0) is 14.0 Å². The molecule has 6 nitrogen and oxygen atoms in total. The van der Waals surface area contributed by atoms with E-state index < -0.39 is 32.5 Å². The van der Waals surface area contributed by atoms with Crippen molar-refractivity contribution in [1.29, 1.82) is 0 Å². The Bertz CT molecular complexity index is 735. The van der Waals surface area contributed by atoms with E-state index in [1.807, 2.05) is 51.1 Å². The summed E-state index contributed by atoms with van der Waals surface area (Å²) in [6.45, 7) is 14.3. The lowest BCUT2D eigenvalue weighted by molar-refractivity contribution is -0.138. The van der Waals surface area contributed by atoms with Gasteiger partial charge in [-0.15, -0.1) is 0 Å². The number of benzene rings is 1. The summed E-state index contributed by atoms with van der Waals surface area (Å²) >= 11 is 0. The minimum Gasteiger partial charge on any atom is -0.439 e. The number of imide groups is 1. The minimum atomic E-state index is -1.96.